The molecule has 0 saturated carbocycles. The van der Waals surface area contributed by atoms with Crippen molar-refractivity contribution >= 4 is 0 Å². The highest BCUT2D eigenvalue weighted by molar-refractivity contribution is 5.40. The Morgan fingerprint density at radius 1 is 1.11 bits per heavy atom. The van der Waals surface area contributed by atoms with E-state index in [9.17, 15) is 0 Å². The lowest BCUT2D eigenvalue weighted by Gasteiger charge is -2.08. The molecule has 0 aliphatic carbocycles. The fourth-order valence-corrected chi connectivity index (χ4v) is 1.74. The molecule has 2 rings (SSSR count). The van der Waals surface area contributed by atoms with Crippen LogP contribution in [0.25, 0.3) is 0 Å². The van der Waals surface area contributed by atoms with Crippen molar-refractivity contribution in [3.63, 3.8) is 0 Å². The molecule has 96 valence electrons. The van der Waals surface area contributed by atoms with Crippen LogP contribution in [0, 0.1) is 18.8 Å². The number of aliphatic hydroxyl groups is 1. The first kappa shape index (κ1) is 13.2. The lowest BCUT2D eigenvalue weighted by Crippen LogP contribution is -1.97. The second kappa shape index (κ2) is 6.63. The Kier molecular flexibility index (Phi) is 4.60. The molecule has 2 aromatic carbocycles. The van der Waals surface area contributed by atoms with Crippen molar-refractivity contribution in [1.29, 1.82) is 0 Å². The molecule has 0 saturated heterocycles. The summed E-state index contributed by atoms with van der Waals surface area (Å²) in [4.78, 5) is 0. The van der Waals surface area contributed by atoms with Gasteiger partial charge in [-0.2, -0.15) is 0 Å². The van der Waals surface area contributed by atoms with E-state index < -0.39 is 0 Å². The maximum Gasteiger partial charge on any atom is 0.121 e. The third-order valence-electron chi connectivity index (χ3n) is 2.80. The SMILES string of the molecule is Cc1ccccc1COc1cccc(C#CCO)c1. The second-order valence-electron chi connectivity index (χ2n) is 4.20. The first-order valence-electron chi connectivity index (χ1n) is 6.16. The highest BCUT2D eigenvalue weighted by atomic mass is 16.5. The molecule has 2 nitrogen and oxygen atoms in total. The third-order valence-corrected chi connectivity index (χ3v) is 2.80. The van der Waals surface area contributed by atoms with Gasteiger partial charge in [0.25, 0.3) is 0 Å². The molecular weight excluding hydrogens is 236 g/mol. The Bertz CT molecular complexity index is 606. The Hall–Kier alpha value is -2.24. The van der Waals surface area contributed by atoms with Gasteiger partial charge in [-0.3, -0.25) is 0 Å². The van der Waals surface area contributed by atoms with Gasteiger partial charge in [-0.15, -0.1) is 0 Å². The third kappa shape index (κ3) is 3.87. The fraction of sp³-hybridized carbons (Fsp3) is 0.176. The highest BCUT2D eigenvalue weighted by Crippen LogP contribution is 2.16. The predicted octanol–water partition coefficient (Wildman–Crippen LogP) is 2.92. The zero-order chi connectivity index (χ0) is 13.5. The van der Waals surface area contributed by atoms with Crippen LogP contribution >= 0.6 is 0 Å². The van der Waals surface area contributed by atoms with Gasteiger partial charge in [-0.05, 0) is 36.2 Å². The quantitative estimate of drug-likeness (QED) is 0.851. The summed E-state index contributed by atoms with van der Waals surface area (Å²) in [5.74, 6) is 6.27. The van der Waals surface area contributed by atoms with Gasteiger partial charge in [0.2, 0.25) is 0 Å². The summed E-state index contributed by atoms with van der Waals surface area (Å²) in [5.41, 5.74) is 3.24. The van der Waals surface area contributed by atoms with E-state index in [1.165, 1.54) is 11.1 Å². The van der Waals surface area contributed by atoms with Gasteiger partial charge in [0.15, 0.2) is 0 Å². The lowest BCUT2D eigenvalue weighted by molar-refractivity contribution is 0.305. The van der Waals surface area contributed by atoms with Crippen molar-refractivity contribution in [2.75, 3.05) is 6.61 Å². The Balaban J connectivity index is 2.06. The van der Waals surface area contributed by atoms with Gasteiger partial charge >= 0.3 is 0 Å². The molecule has 0 aromatic heterocycles. The molecule has 0 fully saturated rings. The van der Waals surface area contributed by atoms with Crippen molar-refractivity contribution in [2.24, 2.45) is 0 Å². The molecule has 0 atom stereocenters. The summed E-state index contributed by atoms with van der Waals surface area (Å²) >= 11 is 0. The van der Waals surface area contributed by atoms with Crippen LogP contribution in [0.1, 0.15) is 16.7 Å². The van der Waals surface area contributed by atoms with Gasteiger partial charge in [0.1, 0.15) is 19.0 Å². The molecule has 0 aliphatic rings. The van der Waals surface area contributed by atoms with E-state index in [0.717, 1.165) is 11.3 Å². The van der Waals surface area contributed by atoms with Gasteiger partial charge in [0, 0.05) is 5.56 Å². The van der Waals surface area contributed by atoms with Crippen LogP contribution in [0.4, 0.5) is 0 Å². The van der Waals surface area contributed by atoms with E-state index in [1.54, 1.807) is 0 Å². The number of aryl methyl sites for hydroxylation is 1. The van der Waals surface area contributed by atoms with E-state index in [1.807, 2.05) is 36.4 Å². The maximum atomic E-state index is 8.67. The predicted molar refractivity (Wildman–Crippen MR) is 75.9 cm³/mol. The van der Waals surface area contributed by atoms with Crippen molar-refractivity contribution in [2.45, 2.75) is 13.5 Å². The van der Waals surface area contributed by atoms with Crippen LogP contribution in [0.15, 0.2) is 48.5 Å². The summed E-state index contributed by atoms with van der Waals surface area (Å²) in [7, 11) is 0. The first-order valence-corrected chi connectivity index (χ1v) is 6.16. The number of benzene rings is 2. The first-order chi connectivity index (χ1) is 9.29. The van der Waals surface area contributed by atoms with E-state index in [-0.39, 0.29) is 6.61 Å². The van der Waals surface area contributed by atoms with E-state index in [2.05, 4.69) is 30.9 Å². The van der Waals surface area contributed by atoms with Crippen LogP contribution in [0.5, 0.6) is 5.75 Å². The van der Waals surface area contributed by atoms with Gasteiger partial charge in [0.05, 0.1) is 0 Å². The molecule has 0 heterocycles. The van der Waals surface area contributed by atoms with Crippen LogP contribution in [-0.2, 0) is 6.61 Å². The lowest BCUT2D eigenvalue weighted by atomic mass is 10.1. The van der Waals surface area contributed by atoms with Crippen molar-refractivity contribution < 1.29 is 9.84 Å². The molecule has 0 aliphatic heterocycles. The molecular formula is C17H16O2. The maximum absolute atomic E-state index is 8.67. The topological polar surface area (TPSA) is 29.5 Å². The Labute approximate surface area is 113 Å². The van der Waals surface area contributed by atoms with Crippen LogP contribution < -0.4 is 4.74 Å². The summed E-state index contributed by atoms with van der Waals surface area (Å²) < 4.78 is 5.76. The number of hydrogen-bond donors (Lipinski definition) is 1. The molecule has 0 unspecified atom stereocenters. The van der Waals surface area contributed by atoms with E-state index in [4.69, 9.17) is 9.84 Å². The highest BCUT2D eigenvalue weighted by Gasteiger charge is 1.99. The fourth-order valence-electron chi connectivity index (χ4n) is 1.74. The van der Waals surface area contributed by atoms with Crippen LogP contribution in [0.3, 0.4) is 0 Å². The Morgan fingerprint density at radius 2 is 1.95 bits per heavy atom. The molecule has 0 radical (unpaired) electrons. The van der Waals surface area contributed by atoms with Crippen molar-refractivity contribution in [3.8, 4) is 17.6 Å². The second-order valence-corrected chi connectivity index (χ2v) is 4.20. The average Bonchev–Trinajstić information content (AvgIpc) is 2.45. The summed E-state index contributed by atoms with van der Waals surface area (Å²) in [5, 5.41) is 8.67. The summed E-state index contributed by atoms with van der Waals surface area (Å²) in [6.07, 6.45) is 0. The Morgan fingerprint density at radius 3 is 2.74 bits per heavy atom. The standard InChI is InChI=1S/C17H16O2/c1-14-6-2-3-9-16(14)13-19-17-10-4-7-15(12-17)8-5-11-18/h2-4,6-7,9-10,12,18H,11,13H2,1H3. The minimum absolute atomic E-state index is 0.131. The molecule has 0 bridgehead atoms. The van der Waals surface area contributed by atoms with Crippen molar-refractivity contribution in [3.05, 3.63) is 65.2 Å². The number of aliphatic hydroxyl groups excluding tert-OH is 1. The minimum atomic E-state index is -0.131. The number of ether oxygens (including phenoxy) is 1. The molecule has 0 spiro atoms. The largest absolute Gasteiger partial charge is 0.489 e. The smallest absolute Gasteiger partial charge is 0.121 e. The zero-order valence-corrected chi connectivity index (χ0v) is 10.9. The number of rotatable bonds is 3. The minimum Gasteiger partial charge on any atom is -0.489 e. The monoisotopic (exact) mass is 252 g/mol. The molecule has 2 heteroatoms. The van der Waals surface area contributed by atoms with Crippen LogP contribution in [0.2, 0.25) is 0 Å². The zero-order valence-electron chi connectivity index (χ0n) is 10.9. The normalized spacial score (nSPS) is 9.58. The van der Waals surface area contributed by atoms with Crippen LogP contribution in [-0.4, -0.2) is 11.7 Å². The van der Waals surface area contributed by atoms with Crippen molar-refractivity contribution in [1.82, 2.24) is 0 Å². The summed E-state index contributed by atoms with van der Waals surface area (Å²) in [6, 6.07) is 15.7. The van der Waals surface area contributed by atoms with Gasteiger partial charge in [-0.1, -0.05) is 42.2 Å². The summed E-state index contributed by atoms with van der Waals surface area (Å²) in [6.45, 7) is 2.49. The van der Waals surface area contributed by atoms with Gasteiger partial charge < -0.3 is 9.84 Å². The average molecular weight is 252 g/mol. The van der Waals surface area contributed by atoms with E-state index in [0.29, 0.717) is 6.61 Å². The number of hydrogen-bond acceptors (Lipinski definition) is 2. The molecule has 2 aromatic rings. The molecule has 19 heavy (non-hydrogen) atoms. The van der Waals surface area contributed by atoms with E-state index >= 15 is 0 Å². The molecule has 0 amide bonds. The van der Waals surface area contributed by atoms with Gasteiger partial charge in [-0.25, -0.2) is 0 Å². The molecule has 1 N–H and O–H groups in total.